The Morgan fingerprint density at radius 2 is 0.806 bits per heavy atom. The fourth-order valence-corrected chi connectivity index (χ4v) is 4.05. The monoisotopic (exact) mass is 494 g/mol. The summed E-state index contributed by atoms with van der Waals surface area (Å²) in [7, 11) is 0. The fraction of sp³-hybridized carbons (Fsp3) is 0.500. The van der Waals surface area contributed by atoms with Crippen LogP contribution in [0.25, 0.3) is 0 Å². The summed E-state index contributed by atoms with van der Waals surface area (Å²) >= 11 is 0. The third kappa shape index (κ3) is 6.42. The summed E-state index contributed by atoms with van der Waals surface area (Å²) in [5, 5.41) is 23.1. The molecule has 2 aromatic carbocycles. The number of nitro groups is 2. The molecule has 194 valence electrons. The van der Waals surface area contributed by atoms with E-state index in [4.69, 9.17) is 9.98 Å². The minimum atomic E-state index is -0.361. The van der Waals surface area contributed by atoms with E-state index in [1.54, 1.807) is 24.3 Å². The molecule has 0 radical (unpaired) electrons. The second kappa shape index (κ2) is 11.5. The van der Waals surface area contributed by atoms with Crippen LogP contribution in [0, 0.1) is 20.2 Å². The van der Waals surface area contributed by atoms with Gasteiger partial charge >= 0.3 is 0 Å². The summed E-state index contributed by atoms with van der Waals surface area (Å²) in [6.07, 6.45) is 0. The summed E-state index contributed by atoms with van der Waals surface area (Å²) < 4.78 is 0. The number of hydrogen-bond donors (Lipinski definition) is 0. The zero-order valence-electron chi connectivity index (χ0n) is 23.0. The second-order valence-electron chi connectivity index (χ2n) is 10.5. The van der Waals surface area contributed by atoms with Crippen LogP contribution in [0.3, 0.4) is 0 Å². The molecule has 0 fully saturated rings. The van der Waals surface area contributed by atoms with E-state index in [2.05, 4.69) is 0 Å². The van der Waals surface area contributed by atoms with Crippen LogP contribution in [0.2, 0.25) is 0 Å². The van der Waals surface area contributed by atoms with Gasteiger partial charge in [-0.15, -0.1) is 0 Å². The molecule has 0 amide bonds. The van der Waals surface area contributed by atoms with Crippen LogP contribution in [-0.2, 0) is 0 Å². The van der Waals surface area contributed by atoms with Gasteiger partial charge in [0.1, 0.15) is 0 Å². The van der Waals surface area contributed by atoms with E-state index in [-0.39, 0.29) is 44.9 Å². The SMILES string of the molecule is CC(=Nc1c(C(C)C)cc([N+](=O)[O-])cc1C(C)C)C(C)=Nc1c(C(C)C)cc([N+](=O)[O-])cc1C(C)C. The van der Waals surface area contributed by atoms with E-state index in [1.807, 2.05) is 69.2 Å². The zero-order chi connectivity index (χ0) is 27.5. The predicted molar refractivity (Wildman–Crippen MR) is 148 cm³/mol. The van der Waals surface area contributed by atoms with Crippen molar-refractivity contribution in [2.75, 3.05) is 0 Å². The quantitative estimate of drug-likeness (QED) is 0.197. The van der Waals surface area contributed by atoms with Crippen LogP contribution in [0.1, 0.15) is 115 Å². The Morgan fingerprint density at radius 1 is 0.583 bits per heavy atom. The smallest absolute Gasteiger partial charge is 0.258 e. The first kappa shape index (κ1) is 28.8. The van der Waals surface area contributed by atoms with Gasteiger partial charge in [-0.05, 0) is 59.8 Å². The van der Waals surface area contributed by atoms with Crippen LogP contribution in [-0.4, -0.2) is 21.3 Å². The fourth-order valence-electron chi connectivity index (χ4n) is 4.05. The molecular formula is C28H38N4O4. The summed E-state index contributed by atoms with van der Waals surface area (Å²) in [5.41, 5.74) is 6.29. The normalized spacial score (nSPS) is 12.8. The third-order valence-corrected chi connectivity index (χ3v) is 6.30. The molecule has 0 N–H and O–H groups in total. The van der Waals surface area contributed by atoms with Gasteiger partial charge in [0.05, 0.1) is 32.6 Å². The molecule has 0 aliphatic carbocycles. The van der Waals surface area contributed by atoms with E-state index < -0.39 is 0 Å². The Labute approximate surface area is 213 Å². The highest BCUT2D eigenvalue weighted by Crippen LogP contribution is 2.40. The lowest BCUT2D eigenvalue weighted by molar-refractivity contribution is -0.385. The zero-order valence-corrected chi connectivity index (χ0v) is 23.0. The van der Waals surface area contributed by atoms with Gasteiger partial charge in [-0.1, -0.05) is 55.4 Å². The minimum Gasteiger partial charge on any atom is -0.258 e. The maximum atomic E-state index is 11.5. The number of benzene rings is 2. The molecule has 2 rings (SSSR count). The molecule has 8 nitrogen and oxygen atoms in total. The first-order valence-corrected chi connectivity index (χ1v) is 12.4. The number of rotatable bonds is 9. The first-order valence-electron chi connectivity index (χ1n) is 12.4. The van der Waals surface area contributed by atoms with Crippen LogP contribution in [0.15, 0.2) is 34.3 Å². The van der Waals surface area contributed by atoms with Crippen molar-refractivity contribution in [3.63, 3.8) is 0 Å². The number of nitrogens with zero attached hydrogens (tertiary/aromatic N) is 4. The highest BCUT2D eigenvalue weighted by Gasteiger charge is 2.22. The van der Waals surface area contributed by atoms with Crippen LogP contribution < -0.4 is 0 Å². The lowest BCUT2D eigenvalue weighted by Gasteiger charge is -2.18. The minimum absolute atomic E-state index is 0.0426. The summed E-state index contributed by atoms with van der Waals surface area (Å²) in [6.45, 7) is 19.8. The molecule has 0 saturated carbocycles. The van der Waals surface area contributed by atoms with Gasteiger partial charge in [-0.3, -0.25) is 30.2 Å². The molecule has 0 unspecified atom stereocenters. The van der Waals surface area contributed by atoms with Crippen molar-refractivity contribution >= 4 is 34.2 Å². The standard InChI is InChI=1S/C28H38N4O4/c1-15(2)23-11-21(31(33)34)12-24(16(3)4)27(23)29-19(9)20(10)30-28-25(17(5)6)13-22(32(35)36)14-26(28)18(7)8/h11-18H,1-10H3. The maximum Gasteiger partial charge on any atom is 0.270 e. The molecule has 0 spiro atoms. The molecule has 0 atom stereocenters. The third-order valence-electron chi connectivity index (χ3n) is 6.30. The molecule has 0 aliphatic heterocycles. The Hall–Kier alpha value is -3.42. The summed E-state index contributed by atoms with van der Waals surface area (Å²) in [4.78, 5) is 32.3. The van der Waals surface area contributed by atoms with Gasteiger partial charge < -0.3 is 0 Å². The van der Waals surface area contributed by atoms with Gasteiger partial charge in [0.2, 0.25) is 0 Å². The summed E-state index contributed by atoms with van der Waals surface area (Å²) in [6, 6.07) is 6.44. The van der Waals surface area contributed by atoms with Gasteiger partial charge in [0, 0.05) is 24.3 Å². The molecule has 2 aromatic rings. The van der Waals surface area contributed by atoms with Crippen LogP contribution >= 0.6 is 0 Å². The number of non-ortho nitro benzene ring substituents is 2. The van der Waals surface area contributed by atoms with Crippen molar-refractivity contribution in [2.24, 2.45) is 9.98 Å². The van der Waals surface area contributed by atoms with Gasteiger partial charge in [0.15, 0.2) is 0 Å². The van der Waals surface area contributed by atoms with E-state index in [0.29, 0.717) is 11.4 Å². The molecule has 8 heteroatoms. The lowest BCUT2D eigenvalue weighted by Crippen LogP contribution is -2.08. The topological polar surface area (TPSA) is 111 Å². The van der Waals surface area contributed by atoms with Gasteiger partial charge in [-0.2, -0.15) is 0 Å². The highest BCUT2D eigenvalue weighted by atomic mass is 16.6. The second-order valence-corrected chi connectivity index (χ2v) is 10.5. The van der Waals surface area contributed by atoms with Crippen molar-refractivity contribution in [3.8, 4) is 0 Å². The Balaban J connectivity index is 2.78. The number of aliphatic imine (C=N–C) groups is 2. The van der Waals surface area contributed by atoms with Gasteiger partial charge in [-0.25, -0.2) is 0 Å². The Bertz CT molecular complexity index is 1070. The average Bonchev–Trinajstić information content (AvgIpc) is 2.77. The molecule has 0 saturated heterocycles. The Morgan fingerprint density at radius 3 is 0.972 bits per heavy atom. The van der Waals surface area contributed by atoms with Crippen molar-refractivity contribution in [3.05, 3.63) is 66.7 Å². The Kier molecular flexibility index (Phi) is 9.24. The van der Waals surface area contributed by atoms with Crippen molar-refractivity contribution in [1.82, 2.24) is 0 Å². The molecule has 0 aromatic heterocycles. The predicted octanol–water partition coefficient (Wildman–Crippen LogP) is 8.88. The van der Waals surface area contributed by atoms with E-state index in [0.717, 1.165) is 33.6 Å². The number of nitro benzene ring substituents is 2. The van der Waals surface area contributed by atoms with E-state index in [9.17, 15) is 20.2 Å². The summed E-state index contributed by atoms with van der Waals surface area (Å²) in [5.74, 6) is 0.170. The average molecular weight is 495 g/mol. The van der Waals surface area contributed by atoms with Crippen LogP contribution in [0.4, 0.5) is 22.7 Å². The molecule has 0 heterocycles. The molecular weight excluding hydrogens is 456 g/mol. The van der Waals surface area contributed by atoms with Gasteiger partial charge in [0.25, 0.3) is 11.4 Å². The lowest BCUT2D eigenvalue weighted by atomic mass is 9.91. The molecule has 0 bridgehead atoms. The molecule has 36 heavy (non-hydrogen) atoms. The van der Waals surface area contributed by atoms with E-state index >= 15 is 0 Å². The number of hydrogen-bond acceptors (Lipinski definition) is 6. The molecule has 0 aliphatic rings. The first-order chi connectivity index (χ1) is 16.6. The highest BCUT2D eigenvalue weighted by molar-refractivity contribution is 6.41. The van der Waals surface area contributed by atoms with Crippen LogP contribution in [0.5, 0.6) is 0 Å². The maximum absolute atomic E-state index is 11.5. The van der Waals surface area contributed by atoms with E-state index in [1.165, 1.54) is 0 Å². The van der Waals surface area contributed by atoms with Crippen molar-refractivity contribution < 1.29 is 9.85 Å². The van der Waals surface area contributed by atoms with Crippen molar-refractivity contribution in [1.29, 1.82) is 0 Å². The van der Waals surface area contributed by atoms with Crippen molar-refractivity contribution in [2.45, 2.75) is 92.9 Å². The largest absolute Gasteiger partial charge is 0.270 e.